The van der Waals surface area contributed by atoms with Gasteiger partial charge >= 0.3 is 5.97 Å². The summed E-state index contributed by atoms with van der Waals surface area (Å²) in [5.74, 6) is -0.0984. The van der Waals surface area contributed by atoms with Gasteiger partial charge in [0.1, 0.15) is 0 Å². The van der Waals surface area contributed by atoms with Gasteiger partial charge in [0.15, 0.2) is 0 Å². The molecule has 0 spiro atoms. The Balaban J connectivity index is 2.52. The summed E-state index contributed by atoms with van der Waals surface area (Å²) in [6.07, 6.45) is 2.70. The van der Waals surface area contributed by atoms with Gasteiger partial charge in [-0.25, -0.2) is 0 Å². The summed E-state index contributed by atoms with van der Waals surface area (Å²) >= 11 is 3.33. The molecular weight excluding hydrogens is 244 g/mol. The highest BCUT2D eigenvalue weighted by atomic mass is 79.9. The third kappa shape index (κ3) is 0.992. The quantitative estimate of drug-likeness (QED) is 0.785. The molecule has 2 rings (SSSR count). The van der Waals surface area contributed by atoms with Crippen LogP contribution in [0.2, 0.25) is 0 Å². The summed E-state index contributed by atoms with van der Waals surface area (Å²) in [6.45, 7) is 4.32. The first kappa shape index (κ1) is 10.2. The van der Waals surface area contributed by atoms with Gasteiger partial charge in [0, 0.05) is 0 Å². The van der Waals surface area contributed by atoms with E-state index < -0.39 is 11.4 Å². The minimum Gasteiger partial charge on any atom is -0.481 e. The van der Waals surface area contributed by atoms with E-state index in [4.69, 9.17) is 0 Å². The van der Waals surface area contributed by atoms with Crippen LogP contribution in [0.4, 0.5) is 0 Å². The second kappa shape index (κ2) is 2.84. The normalized spacial score (nSPS) is 41.9. The van der Waals surface area contributed by atoms with Crippen LogP contribution in [0.1, 0.15) is 33.1 Å². The van der Waals surface area contributed by atoms with Gasteiger partial charge in [-0.2, -0.15) is 0 Å². The summed E-state index contributed by atoms with van der Waals surface area (Å²) in [7, 11) is 0. The van der Waals surface area contributed by atoms with Crippen LogP contribution >= 0.6 is 15.9 Å². The van der Waals surface area contributed by atoms with Crippen LogP contribution in [-0.4, -0.2) is 11.1 Å². The molecule has 0 aromatic heterocycles. The SMILES string of the molecule is CC1(C)/C(=C\Br)[C@@]2(C(=O)O)CC[C@@H]1C2. The molecule has 1 N–H and O–H groups in total. The summed E-state index contributed by atoms with van der Waals surface area (Å²) in [6, 6.07) is 0. The molecule has 0 aliphatic heterocycles. The zero-order chi connectivity index (χ0) is 10.6. The van der Waals surface area contributed by atoms with E-state index in [9.17, 15) is 9.90 Å². The molecule has 2 fully saturated rings. The first-order chi connectivity index (χ1) is 6.45. The number of rotatable bonds is 1. The maximum Gasteiger partial charge on any atom is 0.313 e. The third-order valence-electron chi connectivity index (χ3n) is 4.26. The van der Waals surface area contributed by atoms with Gasteiger partial charge in [0.2, 0.25) is 0 Å². The number of carbonyl (C=O) groups is 1. The highest BCUT2D eigenvalue weighted by Gasteiger charge is 2.61. The van der Waals surface area contributed by atoms with Gasteiger partial charge in [-0.1, -0.05) is 29.8 Å². The van der Waals surface area contributed by atoms with Crippen molar-refractivity contribution in [1.29, 1.82) is 0 Å². The van der Waals surface area contributed by atoms with Gasteiger partial charge in [0.05, 0.1) is 5.41 Å². The molecular formula is C11H15BrO2. The van der Waals surface area contributed by atoms with E-state index in [0.29, 0.717) is 5.92 Å². The summed E-state index contributed by atoms with van der Waals surface area (Å²) < 4.78 is 0. The molecule has 2 atom stereocenters. The fraction of sp³-hybridized carbons (Fsp3) is 0.727. The summed E-state index contributed by atoms with van der Waals surface area (Å²) in [4.78, 5) is 13.2. The Kier molecular flexibility index (Phi) is 2.08. The average molecular weight is 259 g/mol. The lowest BCUT2D eigenvalue weighted by Gasteiger charge is -2.36. The van der Waals surface area contributed by atoms with Crippen molar-refractivity contribution in [3.8, 4) is 0 Å². The van der Waals surface area contributed by atoms with E-state index >= 15 is 0 Å². The van der Waals surface area contributed by atoms with Gasteiger partial charge in [-0.15, -0.1) is 0 Å². The van der Waals surface area contributed by atoms with Crippen LogP contribution in [-0.2, 0) is 4.79 Å². The lowest BCUT2D eigenvalue weighted by Crippen LogP contribution is -2.33. The number of aliphatic carboxylic acids is 1. The van der Waals surface area contributed by atoms with Crippen LogP contribution in [0, 0.1) is 16.7 Å². The highest BCUT2D eigenvalue weighted by molar-refractivity contribution is 9.11. The lowest BCUT2D eigenvalue weighted by molar-refractivity contribution is -0.146. The Labute approximate surface area is 92.5 Å². The molecule has 14 heavy (non-hydrogen) atoms. The molecule has 2 nitrogen and oxygen atoms in total. The molecule has 3 heteroatoms. The number of hydrogen-bond donors (Lipinski definition) is 1. The van der Waals surface area contributed by atoms with Crippen LogP contribution in [0.15, 0.2) is 10.6 Å². The van der Waals surface area contributed by atoms with E-state index in [1.54, 1.807) is 0 Å². The predicted octanol–water partition coefficient (Wildman–Crippen LogP) is 3.18. The standard InChI is InChI=1S/C11H15BrO2/c1-10(2)7-3-4-11(5-7,9(13)14)8(10)6-12/h6-7H,3-5H2,1-2H3,(H,13,14)/b8-6+/t7-,11-/m1/s1. The van der Waals surface area contributed by atoms with Crippen LogP contribution in [0.5, 0.6) is 0 Å². The van der Waals surface area contributed by atoms with E-state index in [2.05, 4.69) is 29.8 Å². The third-order valence-corrected chi connectivity index (χ3v) is 4.72. The van der Waals surface area contributed by atoms with Gasteiger partial charge < -0.3 is 5.11 Å². The monoisotopic (exact) mass is 258 g/mol. The highest BCUT2D eigenvalue weighted by Crippen LogP contribution is 2.66. The van der Waals surface area contributed by atoms with Crippen molar-refractivity contribution in [2.75, 3.05) is 0 Å². The summed E-state index contributed by atoms with van der Waals surface area (Å²) in [5, 5.41) is 9.36. The molecule has 0 unspecified atom stereocenters. The molecule has 2 bridgehead atoms. The Morgan fingerprint density at radius 2 is 2.29 bits per heavy atom. The van der Waals surface area contributed by atoms with Crippen LogP contribution in [0.25, 0.3) is 0 Å². The summed E-state index contributed by atoms with van der Waals surface area (Å²) in [5.41, 5.74) is 0.575. The molecule has 78 valence electrons. The number of hydrogen-bond acceptors (Lipinski definition) is 1. The molecule has 2 aliphatic rings. The Morgan fingerprint density at radius 3 is 2.71 bits per heavy atom. The van der Waals surface area contributed by atoms with E-state index in [0.717, 1.165) is 24.8 Å². The lowest BCUT2D eigenvalue weighted by atomic mass is 9.68. The fourth-order valence-corrected chi connectivity index (χ4v) is 4.33. The van der Waals surface area contributed by atoms with Gasteiger partial charge in [0.25, 0.3) is 0 Å². The maximum absolute atomic E-state index is 11.4. The second-order valence-corrected chi connectivity index (χ2v) is 5.53. The maximum atomic E-state index is 11.4. The molecule has 2 saturated carbocycles. The number of fused-ring (bicyclic) bond motifs is 2. The Hall–Kier alpha value is -0.310. The first-order valence-electron chi connectivity index (χ1n) is 5.00. The molecule has 0 heterocycles. The molecule has 0 amide bonds. The fourth-order valence-electron chi connectivity index (χ4n) is 3.30. The second-order valence-electron chi connectivity index (χ2n) is 5.07. The van der Waals surface area contributed by atoms with Crippen molar-refractivity contribution >= 4 is 21.9 Å². The topological polar surface area (TPSA) is 37.3 Å². The van der Waals surface area contributed by atoms with Crippen molar-refractivity contribution in [2.45, 2.75) is 33.1 Å². The number of carboxylic acids is 1. The Morgan fingerprint density at radius 1 is 1.64 bits per heavy atom. The average Bonchev–Trinajstić information content (AvgIpc) is 2.58. The number of carboxylic acid groups (broad SMARTS) is 1. The van der Waals surface area contributed by atoms with Crippen LogP contribution < -0.4 is 0 Å². The van der Waals surface area contributed by atoms with Crippen molar-refractivity contribution in [1.82, 2.24) is 0 Å². The van der Waals surface area contributed by atoms with Gasteiger partial charge in [-0.3, -0.25) is 4.79 Å². The largest absolute Gasteiger partial charge is 0.481 e. The minimum atomic E-state index is -0.642. The molecule has 2 aliphatic carbocycles. The Bertz CT molecular complexity index is 319. The van der Waals surface area contributed by atoms with E-state index in [-0.39, 0.29) is 5.41 Å². The smallest absolute Gasteiger partial charge is 0.313 e. The van der Waals surface area contributed by atoms with Crippen LogP contribution in [0.3, 0.4) is 0 Å². The van der Waals surface area contributed by atoms with Crippen molar-refractivity contribution < 1.29 is 9.90 Å². The number of halogens is 1. The zero-order valence-corrected chi connectivity index (χ0v) is 10.1. The van der Waals surface area contributed by atoms with Crippen molar-refractivity contribution in [3.63, 3.8) is 0 Å². The van der Waals surface area contributed by atoms with Gasteiger partial charge in [-0.05, 0) is 41.2 Å². The van der Waals surface area contributed by atoms with Crippen molar-refractivity contribution in [3.05, 3.63) is 10.6 Å². The van der Waals surface area contributed by atoms with E-state index in [1.807, 2.05) is 4.99 Å². The predicted molar refractivity (Wildman–Crippen MR) is 58.2 cm³/mol. The molecule has 0 radical (unpaired) electrons. The zero-order valence-electron chi connectivity index (χ0n) is 8.51. The van der Waals surface area contributed by atoms with E-state index in [1.165, 1.54) is 0 Å². The first-order valence-corrected chi connectivity index (χ1v) is 5.91. The molecule has 0 saturated heterocycles. The molecule has 0 aromatic carbocycles. The minimum absolute atomic E-state index is 0.0557. The molecule has 0 aromatic rings. The van der Waals surface area contributed by atoms with Crippen molar-refractivity contribution in [2.24, 2.45) is 16.7 Å².